The second kappa shape index (κ2) is 7.82. The molecule has 0 radical (unpaired) electrons. The monoisotopic (exact) mass is 362 g/mol. The number of rotatable bonds is 6. The second-order valence-electron chi connectivity index (χ2n) is 7.14. The molecule has 2 N–H and O–H groups in total. The van der Waals surface area contributed by atoms with Gasteiger partial charge in [-0.2, -0.15) is 5.10 Å². The molecule has 0 spiro atoms. The summed E-state index contributed by atoms with van der Waals surface area (Å²) in [4.78, 5) is 12.2. The maximum absolute atomic E-state index is 12.2. The number of carbonyl (C=O) groups is 1. The van der Waals surface area contributed by atoms with Gasteiger partial charge in [-0.3, -0.25) is 14.5 Å². The van der Waals surface area contributed by atoms with Crippen molar-refractivity contribution in [1.29, 1.82) is 0 Å². The molecule has 7 heteroatoms. The number of nitrogens with zero attached hydrogens (tertiary/aromatic N) is 2. The van der Waals surface area contributed by atoms with E-state index in [2.05, 4.69) is 36.3 Å². The molecule has 1 aromatic heterocycles. The molecule has 0 fully saturated rings. The van der Waals surface area contributed by atoms with Crippen LogP contribution in [0.5, 0.6) is 5.75 Å². The quantitative estimate of drug-likeness (QED) is 0.771. The lowest BCUT2D eigenvalue weighted by atomic mass is 9.88. The Morgan fingerprint density at radius 3 is 2.56 bits per heavy atom. The van der Waals surface area contributed by atoms with Crippen molar-refractivity contribution >= 4 is 18.1 Å². The molecule has 0 bridgehead atoms. The highest BCUT2D eigenvalue weighted by Gasteiger charge is 2.21. The zero-order chi connectivity index (χ0) is 18.6. The first-order chi connectivity index (χ1) is 11.7. The second-order valence-corrected chi connectivity index (χ2v) is 7.52. The number of H-pyrrole nitrogens is 1. The molecule has 1 unspecified atom stereocenters. The highest BCUT2D eigenvalue weighted by Crippen LogP contribution is 2.21. The van der Waals surface area contributed by atoms with E-state index in [1.54, 1.807) is 7.11 Å². The van der Waals surface area contributed by atoms with Crippen LogP contribution in [0.15, 0.2) is 24.3 Å². The van der Waals surface area contributed by atoms with E-state index in [0.717, 1.165) is 11.3 Å². The van der Waals surface area contributed by atoms with Crippen LogP contribution in [0, 0.1) is 10.2 Å². The van der Waals surface area contributed by atoms with Gasteiger partial charge in [-0.25, -0.2) is 0 Å². The van der Waals surface area contributed by atoms with Gasteiger partial charge in [-0.1, -0.05) is 20.8 Å². The number of hydrogen-bond acceptors (Lipinski definition) is 4. The Bertz CT molecular complexity index is 772. The molecule has 1 amide bonds. The zero-order valence-electron chi connectivity index (χ0n) is 15.4. The first-order valence-corrected chi connectivity index (χ1v) is 8.72. The number of hydrogen-bond donors (Lipinski definition) is 2. The number of ether oxygens (including phenoxy) is 1. The van der Waals surface area contributed by atoms with Crippen LogP contribution in [0.25, 0.3) is 11.4 Å². The smallest absolute Gasteiger partial charge is 0.222 e. The summed E-state index contributed by atoms with van der Waals surface area (Å²) in [5, 5.41) is 10.1. The van der Waals surface area contributed by atoms with Crippen LogP contribution in [-0.2, 0) is 11.3 Å². The topological polar surface area (TPSA) is 71.9 Å². The number of methoxy groups -OCH3 is 1. The molecule has 6 nitrogen and oxygen atoms in total. The SMILES string of the molecule is COc1ccc(-c2n[nH]c(=S)n2CCC(=O)NC(C)C(C)(C)C)cc1. The van der Waals surface area contributed by atoms with Crippen LogP contribution in [0.2, 0.25) is 0 Å². The summed E-state index contributed by atoms with van der Waals surface area (Å²) in [6.45, 7) is 8.80. The summed E-state index contributed by atoms with van der Waals surface area (Å²) < 4.78 is 7.52. The van der Waals surface area contributed by atoms with Crippen LogP contribution < -0.4 is 10.1 Å². The zero-order valence-corrected chi connectivity index (χ0v) is 16.2. The van der Waals surface area contributed by atoms with Gasteiger partial charge in [-0.15, -0.1) is 0 Å². The predicted octanol–water partition coefficient (Wildman–Crippen LogP) is 3.56. The summed E-state index contributed by atoms with van der Waals surface area (Å²) >= 11 is 5.31. The largest absolute Gasteiger partial charge is 0.497 e. The van der Waals surface area contributed by atoms with E-state index >= 15 is 0 Å². The van der Waals surface area contributed by atoms with Crippen molar-refractivity contribution in [2.45, 2.75) is 46.7 Å². The minimum Gasteiger partial charge on any atom is -0.497 e. The Kier molecular flexibility index (Phi) is 6.00. The van der Waals surface area contributed by atoms with Gasteiger partial charge in [0.1, 0.15) is 5.75 Å². The molecule has 0 aliphatic rings. The number of aromatic nitrogens is 3. The molecule has 136 valence electrons. The fourth-order valence-corrected chi connectivity index (χ4v) is 2.45. The van der Waals surface area contributed by atoms with Gasteiger partial charge < -0.3 is 10.1 Å². The van der Waals surface area contributed by atoms with Crippen LogP contribution in [0.3, 0.4) is 0 Å². The standard InChI is InChI=1S/C18H26N4O2S/c1-12(18(2,3)4)19-15(23)10-11-22-16(20-21-17(22)25)13-6-8-14(24-5)9-7-13/h6-9,12H,10-11H2,1-5H3,(H,19,23)(H,21,25). The summed E-state index contributed by atoms with van der Waals surface area (Å²) in [5.74, 6) is 1.50. The fourth-order valence-electron chi connectivity index (χ4n) is 2.23. The Labute approximate surface area is 153 Å². The first-order valence-electron chi connectivity index (χ1n) is 8.31. The molecule has 25 heavy (non-hydrogen) atoms. The third-order valence-corrected chi connectivity index (χ3v) is 4.66. The van der Waals surface area contributed by atoms with Gasteiger partial charge in [0.05, 0.1) is 7.11 Å². The lowest BCUT2D eigenvalue weighted by Gasteiger charge is -2.28. The molecule has 0 aliphatic carbocycles. The van der Waals surface area contributed by atoms with E-state index in [1.165, 1.54) is 0 Å². The minimum absolute atomic E-state index is 0.00575. The van der Waals surface area contributed by atoms with Crippen LogP contribution in [-0.4, -0.2) is 33.8 Å². The molecule has 1 heterocycles. The highest BCUT2D eigenvalue weighted by atomic mass is 32.1. The lowest BCUT2D eigenvalue weighted by Crippen LogP contribution is -2.41. The molecule has 0 saturated carbocycles. The number of amides is 1. The number of carbonyl (C=O) groups excluding carboxylic acids is 1. The fraction of sp³-hybridized carbons (Fsp3) is 0.500. The van der Waals surface area contributed by atoms with Gasteiger partial charge in [0, 0.05) is 24.6 Å². The molecular formula is C18H26N4O2S. The molecule has 2 rings (SSSR count). The summed E-state index contributed by atoms with van der Waals surface area (Å²) in [6.07, 6.45) is 0.345. The van der Waals surface area contributed by atoms with Crippen molar-refractivity contribution in [3.8, 4) is 17.1 Å². The van der Waals surface area contributed by atoms with Gasteiger partial charge in [-0.05, 0) is 48.8 Å². The summed E-state index contributed by atoms with van der Waals surface area (Å²) in [7, 11) is 1.63. The minimum atomic E-state index is 0.00575. The van der Waals surface area contributed by atoms with E-state index in [-0.39, 0.29) is 17.4 Å². The van der Waals surface area contributed by atoms with Gasteiger partial charge >= 0.3 is 0 Å². The summed E-state index contributed by atoms with van der Waals surface area (Å²) in [5.41, 5.74) is 0.937. The third-order valence-electron chi connectivity index (χ3n) is 4.35. The number of aromatic amines is 1. The molecule has 0 aliphatic heterocycles. The first kappa shape index (κ1) is 19.2. The van der Waals surface area contributed by atoms with E-state index < -0.39 is 0 Å². The van der Waals surface area contributed by atoms with Gasteiger partial charge in [0.15, 0.2) is 10.6 Å². The number of nitrogens with one attached hydrogen (secondary N) is 2. The number of benzene rings is 1. The highest BCUT2D eigenvalue weighted by molar-refractivity contribution is 7.71. The van der Waals surface area contributed by atoms with Gasteiger partial charge in [0.2, 0.25) is 5.91 Å². The van der Waals surface area contributed by atoms with Crippen molar-refractivity contribution < 1.29 is 9.53 Å². The molecule has 1 atom stereocenters. The van der Waals surface area contributed by atoms with Crippen LogP contribution in [0.1, 0.15) is 34.1 Å². The molecular weight excluding hydrogens is 336 g/mol. The Morgan fingerprint density at radius 2 is 2.00 bits per heavy atom. The molecule has 0 saturated heterocycles. The average molecular weight is 362 g/mol. The van der Waals surface area contributed by atoms with Crippen molar-refractivity contribution in [3.63, 3.8) is 0 Å². The maximum atomic E-state index is 12.2. The van der Waals surface area contributed by atoms with E-state index in [9.17, 15) is 4.79 Å². The van der Waals surface area contributed by atoms with Gasteiger partial charge in [0.25, 0.3) is 0 Å². The normalized spacial score (nSPS) is 12.7. The van der Waals surface area contributed by atoms with Crippen molar-refractivity contribution in [2.75, 3.05) is 7.11 Å². The predicted molar refractivity (Wildman–Crippen MR) is 101 cm³/mol. The van der Waals surface area contributed by atoms with Crippen molar-refractivity contribution in [1.82, 2.24) is 20.1 Å². The van der Waals surface area contributed by atoms with Crippen LogP contribution >= 0.6 is 12.2 Å². The van der Waals surface area contributed by atoms with Crippen LogP contribution in [0.4, 0.5) is 0 Å². The van der Waals surface area contributed by atoms with E-state index in [0.29, 0.717) is 23.6 Å². The van der Waals surface area contributed by atoms with E-state index in [4.69, 9.17) is 17.0 Å². The summed E-state index contributed by atoms with van der Waals surface area (Å²) in [6, 6.07) is 7.67. The third kappa shape index (κ3) is 4.92. The Morgan fingerprint density at radius 1 is 1.36 bits per heavy atom. The molecule has 1 aromatic carbocycles. The Hall–Kier alpha value is -2.15. The Balaban J connectivity index is 2.09. The van der Waals surface area contributed by atoms with E-state index in [1.807, 2.05) is 35.8 Å². The average Bonchev–Trinajstić information content (AvgIpc) is 2.93. The van der Waals surface area contributed by atoms with Crippen molar-refractivity contribution in [2.24, 2.45) is 5.41 Å². The molecule has 2 aromatic rings. The maximum Gasteiger partial charge on any atom is 0.222 e. The lowest BCUT2D eigenvalue weighted by molar-refractivity contribution is -0.122. The van der Waals surface area contributed by atoms with Crippen molar-refractivity contribution in [3.05, 3.63) is 29.0 Å².